The van der Waals surface area contributed by atoms with Crippen LogP contribution in [-0.2, 0) is 14.3 Å². The molecular formula is C16H12O4. The Morgan fingerprint density at radius 3 is 2.55 bits per heavy atom. The summed E-state index contributed by atoms with van der Waals surface area (Å²) in [6.45, 7) is 1.74. The topological polar surface area (TPSA) is 60.4 Å². The summed E-state index contributed by atoms with van der Waals surface area (Å²) in [6.07, 6.45) is 0. The molecule has 1 unspecified atom stereocenters. The molecule has 4 heteroatoms. The first-order chi connectivity index (χ1) is 9.65. The van der Waals surface area contributed by atoms with Crippen LogP contribution in [0.3, 0.4) is 0 Å². The maximum atomic E-state index is 12.4. The molecule has 0 bridgehead atoms. The van der Waals surface area contributed by atoms with Crippen LogP contribution in [0.1, 0.15) is 28.8 Å². The number of esters is 1. The van der Waals surface area contributed by atoms with Gasteiger partial charge in [-0.3, -0.25) is 9.59 Å². The van der Waals surface area contributed by atoms with Gasteiger partial charge in [0.2, 0.25) is 0 Å². The van der Waals surface area contributed by atoms with Gasteiger partial charge in [0, 0.05) is 5.56 Å². The highest BCUT2D eigenvalue weighted by Crippen LogP contribution is 2.38. The van der Waals surface area contributed by atoms with Gasteiger partial charge in [0.1, 0.15) is 5.92 Å². The van der Waals surface area contributed by atoms with E-state index in [4.69, 9.17) is 4.74 Å². The summed E-state index contributed by atoms with van der Waals surface area (Å²) in [5.41, 5.74) is 1.10. The zero-order valence-corrected chi connectivity index (χ0v) is 10.9. The van der Waals surface area contributed by atoms with Crippen LogP contribution >= 0.6 is 0 Å². The lowest BCUT2D eigenvalue weighted by molar-refractivity contribution is -0.153. The number of ether oxygens (including phenoxy) is 1. The molecule has 0 saturated carbocycles. The Morgan fingerprint density at radius 1 is 1.15 bits per heavy atom. The van der Waals surface area contributed by atoms with E-state index in [0.29, 0.717) is 11.1 Å². The summed E-state index contributed by atoms with van der Waals surface area (Å²) in [5, 5.41) is 1.66. The summed E-state index contributed by atoms with van der Waals surface area (Å²) in [6, 6.07) is 10.7. The van der Waals surface area contributed by atoms with Gasteiger partial charge in [-0.1, -0.05) is 36.4 Å². The Balaban J connectivity index is 2.14. The van der Waals surface area contributed by atoms with Gasteiger partial charge in [0.25, 0.3) is 5.78 Å². The lowest BCUT2D eigenvalue weighted by Gasteiger charge is -2.08. The predicted molar refractivity (Wildman–Crippen MR) is 72.7 cm³/mol. The molecule has 3 rings (SSSR count). The summed E-state index contributed by atoms with van der Waals surface area (Å²) in [4.78, 5) is 36.2. The van der Waals surface area contributed by atoms with E-state index in [9.17, 15) is 14.4 Å². The maximum Gasteiger partial charge on any atom is 0.375 e. The van der Waals surface area contributed by atoms with Crippen molar-refractivity contribution >= 4 is 28.3 Å². The van der Waals surface area contributed by atoms with Gasteiger partial charge in [0.05, 0.1) is 6.61 Å². The highest BCUT2D eigenvalue weighted by molar-refractivity contribution is 6.44. The van der Waals surface area contributed by atoms with Crippen LogP contribution in [0, 0.1) is 0 Å². The normalized spacial score (nSPS) is 16.4. The van der Waals surface area contributed by atoms with Gasteiger partial charge in [-0.05, 0) is 23.3 Å². The second-order valence-electron chi connectivity index (χ2n) is 4.63. The third kappa shape index (κ3) is 1.65. The number of carbonyl (C=O) groups excluding carboxylic acids is 3. The molecule has 0 fully saturated rings. The van der Waals surface area contributed by atoms with E-state index in [1.165, 1.54) is 0 Å². The van der Waals surface area contributed by atoms with Crippen molar-refractivity contribution in [2.75, 3.05) is 6.61 Å². The molecule has 0 saturated heterocycles. The van der Waals surface area contributed by atoms with Crippen molar-refractivity contribution < 1.29 is 19.1 Å². The van der Waals surface area contributed by atoms with Crippen LogP contribution in [-0.4, -0.2) is 24.1 Å². The Kier molecular flexibility index (Phi) is 2.86. The van der Waals surface area contributed by atoms with Gasteiger partial charge in [-0.25, -0.2) is 4.79 Å². The minimum atomic E-state index is -1.06. The third-order valence-electron chi connectivity index (χ3n) is 3.51. The van der Waals surface area contributed by atoms with Gasteiger partial charge < -0.3 is 4.74 Å². The van der Waals surface area contributed by atoms with Gasteiger partial charge >= 0.3 is 5.97 Å². The first kappa shape index (κ1) is 12.5. The molecule has 1 atom stereocenters. The molecule has 0 heterocycles. The van der Waals surface area contributed by atoms with E-state index in [-0.39, 0.29) is 12.4 Å². The fraction of sp³-hybridized carbons (Fsp3) is 0.188. The standard InChI is InChI=1S/C16H12O4/c1-2-20-16(19)15(18)13-10-7-3-5-9-6-4-8-11(12(9)10)14(13)17/h3-8,13H,2H2,1H3. The van der Waals surface area contributed by atoms with E-state index in [1.54, 1.807) is 31.2 Å². The molecule has 2 aromatic rings. The third-order valence-corrected chi connectivity index (χ3v) is 3.51. The Bertz CT molecular complexity index is 740. The zero-order valence-electron chi connectivity index (χ0n) is 10.9. The minimum Gasteiger partial charge on any atom is -0.460 e. The van der Waals surface area contributed by atoms with Crippen LogP contribution in [0.2, 0.25) is 0 Å². The molecule has 0 spiro atoms. The average molecular weight is 268 g/mol. The smallest absolute Gasteiger partial charge is 0.375 e. The zero-order chi connectivity index (χ0) is 14.3. The number of benzene rings is 2. The Morgan fingerprint density at radius 2 is 1.85 bits per heavy atom. The van der Waals surface area contributed by atoms with Crippen molar-refractivity contribution in [1.82, 2.24) is 0 Å². The lowest BCUT2D eigenvalue weighted by Crippen LogP contribution is -2.27. The minimum absolute atomic E-state index is 0.114. The molecular weight excluding hydrogens is 256 g/mol. The Labute approximate surface area is 115 Å². The molecule has 4 nitrogen and oxygen atoms in total. The quantitative estimate of drug-likeness (QED) is 0.486. The van der Waals surface area contributed by atoms with Crippen molar-refractivity contribution in [3.8, 4) is 0 Å². The number of hydrogen-bond acceptors (Lipinski definition) is 4. The van der Waals surface area contributed by atoms with E-state index >= 15 is 0 Å². The summed E-state index contributed by atoms with van der Waals surface area (Å²) in [5.74, 6) is -3.12. The summed E-state index contributed by atoms with van der Waals surface area (Å²) < 4.78 is 4.72. The number of hydrogen-bond donors (Lipinski definition) is 0. The van der Waals surface area contributed by atoms with Gasteiger partial charge in [-0.2, -0.15) is 0 Å². The van der Waals surface area contributed by atoms with Crippen LogP contribution in [0.5, 0.6) is 0 Å². The number of rotatable bonds is 3. The molecule has 100 valence electrons. The summed E-state index contributed by atoms with van der Waals surface area (Å²) in [7, 11) is 0. The van der Waals surface area contributed by atoms with E-state index < -0.39 is 17.7 Å². The van der Waals surface area contributed by atoms with Crippen molar-refractivity contribution in [3.63, 3.8) is 0 Å². The van der Waals surface area contributed by atoms with Gasteiger partial charge in [-0.15, -0.1) is 0 Å². The van der Waals surface area contributed by atoms with Crippen LogP contribution in [0.25, 0.3) is 10.8 Å². The fourth-order valence-corrected chi connectivity index (χ4v) is 2.69. The molecule has 0 radical (unpaired) electrons. The highest BCUT2D eigenvalue weighted by Gasteiger charge is 2.40. The average Bonchev–Trinajstić information content (AvgIpc) is 2.74. The molecule has 0 N–H and O–H groups in total. The molecule has 1 aliphatic rings. The molecule has 0 amide bonds. The molecule has 0 aliphatic heterocycles. The van der Waals surface area contributed by atoms with Crippen molar-refractivity contribution in [1.29, 1.82) is 0 Å². The summed E-state index contributed by atoms with van der Waals surface area (Å²) >= 11 is 0. The lowest BCUT2D eigenvalue weighted by atomic mass is 9.95. The van der Waals surface area contributed by atoms with Crippen LogP contribution in [0.15, 0.2) is 36.4 Å². The molecule has 1 aliphatic carbocycles. The first-order valence-electron chi connectivity index (χ1n) is 6.42. The molecule has 0 aromatic heterocycles. The van der Waals surface area contributed by atoms with Gasteiger partial charge in [0.15, 0.2) is 5.78 Å². The Hall–Kier alpha value is -2.49. The van der Waals surface area contributed by atoms with Crippen molar-refractivity contribution in [2.24, 2.45) is 0 Å². The molecule has 2 aromatic carbocycles. The van der Waals surface area contributed by atoms with Crippen LogP contribution < -0.4 is 0 Å². The number of ketones is 2. The van der Waals surface area contributed by atoms with E-state index in [2.05, 4.69) is 0 Å². The number of Topliss-reactive ketones (excluding diaryl/α,β-unsaturated/α-hetero) is 2. The second-order valence-corrected chi connectivity index (χ2v) is 4.63. The SMILES string of the molecule is CCOC(=O)C(=O)C1C(=O)c2cccc3cccc1c23. The van der Waals surface area contributed by atoms with E-state index in [1.807, 2.05) is 12.1 Å². The van der Waals surface area contributed by atoms with Crippen molar-refractivity contribution in [2.45, 2.75) is 12.8 Å². The first-order valence-corrected chi connectivity index (χ1v) is 6.42. The number of carbonyl (C=O) groups is 3. The van der Waals surface area contributed by atoms with Crippen LogP contribution in [0.4, 0.5) is 0 Å². The largest absolute Gasteiger partial charge is 0.460 e. The highest BCUT2D eigenvalue weighted by atomic mass is 16.5. The van der Waals surface area contributed by atoms with Crippen molar-refractivity contribution in [3.05, 3.63) is 47.5 Å². The predicted octanol–water partition coefficient (Wildman–Crippen LogP) is 2.25. The van der Waals surface area contributed by atoms with E-state index in [0.717, 1.165) is 10.8 Å². The monoisotopic (exact) mass is 268 g/mol. The maximum absolute atomic E-state index is 12.4. The molecule has 20 heavy (non-hydrogen) atoms. The fourth-order valence-electron chi connectivity index (χ4n) is 2.69. The second kappa shape index (κ2) is 4.56.